The fourth-order valence-electron chi connectivity index (χ4n) is 3.52. The average Bonchev–Trinajstić information content (AvgIpc) is 2.81. The predicted octanol–water partition coefficient (Wildman–Crippen LogP) is 3.53. The van der Waals surface area contributed by atoms with E-state index >= 15 is 0 Å². The zero-order chi connectivity index (χ0) is 22.7. The Labute approximate surface area is 186 Å². The standard InChI is InChI=1S/C24H20N2O5S/c1-31-24-19-14-8-9-15-20(19)32(29,30)26(16-21(27)25-18-12-6-3-7-13-18)22(24)23(28)17-10-4-2-5-11-17/h2-15H,16H2,1H3,(H,25,27). The van der Waals surface area contributed by atoms with Crippen LogP contribution in [-0.2, 0) is 19.6 Å². The van der Waals surface area contributed by atoms with Gasteiger partial charge in [0.15, 0.2) is 5.76 Å². The number of nitrogens with zero attached hydrogens (tertiary/aromatic N) is 1. The Morgan fingerprint density at radius 2 is 1.47 bits per heavy atom. The molecule has 1 aliphatic rings. The van der Waals surface area contributed by atoms with Crippen molar-refractivity contribution in [2.45, 2.75) is 4.90 Å². The van der Waals surface area contributed by atoms with Crippen molar-refractivity contribution in [2.24, 2.45) is 0 Å². The van der Waals surface area contributed by atoms with Gasteiger partial charge < -0.3 is 10.1 Å². The average molecular weight is 449 g/mol. The van der Waals surface area contributed by atoms with Crippen LogP contribution in [0.1, 0.15) is 15.9 Å². The number of ether oxygens (including phenoxy) is 1. The first-order valence-corrected chi connectivity index (χ1v) is 11.2. The molecule has 1 aliphatic heterocycles. The third-order valence-electron chi connectivity index (χ3n) is 4.96. The molecule has 3 aromatic rings. The van der Waals surface area contributed by atoms with Crippen LogP contribution >= 0.6 is 0 Å². The quantitative estimate of drug-likeness (QED) is 0.583. The number of hydrogen-bond acceptors (Lipinski definition) is 5. The molecule has 7 nitrogen and oxygen atoms in total. The Balaban J connectivity index is 1.83. The van der Waals surface area contributed by atoms with Crippen LogP contribution in [0.3, 0.4) is 0 Å². The molecule has 1 amide bonds. The predicted molar refractivity (Wildman–Crippen MR) is 120 cm³/mol. The number of benzene rings is 3. The van der Waals surface area contributed by atoms with Crippen LogP contribution < -0.4 is 5.32 Å². The van der Waals surface area contributed by atoms with Gasteiger partial charge in [-0.05, 0) is 24.3 Å². The highest BCUT2D eigenvalue weighted by atomic mass is 32.2. The van der Waals surface area contributed by atoms with Crippen molar-refractivity contribution in [3.63, 3.8) is 0 Å². The molecule has 0 saturated carbocycles. The summed E-state index contributed by atoms with van der Waals surface area (Å²) in [6.07, 6.45) is 0. The summed E-state index contributed by atoms with van der Waals surface area (Å²) in [4.78, 5) is 26.2. The normalized spacial score (nSPS) is 14.5. The van der Waals surface area contributed by atoms with Gasteiger partial charge in [-0.25, -0.2) is 12.7 Å². The van der Waals surface area contributed by atoms with E-state index < -0.39 is 28.3 Å². The highest BCUT2D eigenvalue weighted by Gasteiger charge is 2.41. The van der Waals surface area contributed by atoms with Crippen LogP contribution in [0.2, 0.25) is 0 Å². The van der Waals surface area contributed by atoms with E-state index in [4.69, 9.17) is 4.74 Å². The first-order valence-electron chi connectivity index (χ1n) is 9.78. The molecule has 0 unspecified atom stereocenters. The number of para-hydroxylation sites is 1. The lowest BCUT2D eigenvalue weighted by atomic mass is 10.0. The summed E-state index contributed by atoms with van der Waals surface area (Å²) >= 11 is 0. The number of amides is 1. The molecular formula is C24H20N2O5S. The van der Waals surface area contributed by atoms with Gasteiger partial charge in [-0.2, -0.15) is 0 Å². The van der Waals surface area contributed by atoms with Crippen LogP contribution in [0, 0.1) is 0 Å². The van der Waals surface area contributed by atoms with Crippen molar-refractivity contribution in [2.75, 3.05) is 19.0 Å². The Morgan fingerprint density at radius 3 is 2.12 bits per heavy atom. The molecule has 32 heavy (non-hydrogen) atoms. The highest BCUT2D eigenvalue weighted by molar-refractivity contribution is 7.89. The number of carbonyl (C=O) groups excluding carboxylic acids is 2. The highest BCUT2D eigenvalue weighted by Crippen LogP contribution is 2.38. The van der Waals surface area contributed by atoms with Crippen molar-refractivity contribution >= 4 is 33.2 Å². The van der Waals surface area contributed by atoms with Crippen LogP contribution in [-0.4, -0.2) is 38.1 Å². The topological polar surface area (TPSA) is 92.8 Å². The van der Waals surface area contributed by atoms with Crippen LogP contribution in [0.25, 0.3) is 5.76 Å². The monoisotopic (exact) mass is 448 g/mol. The van der Waals surface area contributed by atoms with E-state index in [9.17, 15) is 18.0 Å². The van der Waals surface area contributed by atoms with Gasteiger partial charge in [0.05, 0.1) is 12.0 Å². The molecule has 0 bridgehead atoms. The summed E-state index contributed by atoms with van der Waals surface area (Å²) in [5.74, 6) is -1.06. The van der Waals surface area contributed by atoms with Gasteiger partial charge in [0.25, 0.3) is 10.0 Å². The van der Waals surface area contributed by atoms with E-state index in [1.165, 1.54) is 13.2 Å². The zero-order valence-electron chi connectivity index (χ0n) is 17.2. The molecule has 1 N–H and O–H groups in total. The van der Waals surface area contributed by atoms with Gasteiger partial charge in [-0.3, -0.25) is 9.59 Å². The third-order valence-corrected chi connectivity index (χ3v) is 6.77. The summed E-state index contributed by atoms with van der Waals surface area (Å²) in [7, 11) is -2.84. The Bertz CT molecular complexity index is 1300. The van der Waals surface area contributed by atoms with Gasteiger partial charge in [-0.15, -0.1) is 0 Å². The first-order chi connectivity index (χ1) is 15.4. The number of anilines is 1. The van der Waals surface area contributed by atoms with Gasteiger partial charge in [-0.1, -0.05) is 60.7 Å². The van der Waals surface area contributed by atoms with Crippen molar-refractivity contribution in [1.29, 1.82) is 0 Å². The fraction of sp³-hybridized carbons (Fsp3) is 0.0833. The number of hydrogen-bond donors (Lipinski definition) is 1. The molecule has 0 aliphatic carbocycles. The molecule has 3 aromatic carbocycles. The summed E-state index contributed by atoms with van der Waals surface area (Å²) in [6.45, 7) is -0.591. The van der Waals surface area contributed by atoms with E-state index in [1.54, 1.807) is 78.9 Å². The number of rotatable bonds is 6. The largest absolute Gasteiger partial charge is 0.494 e. The van der Waals surface area contributed by atoms with Crippen molar-refractivity contribution in [3.05, 3.63) is 102 Å². The lowest BCUT2D eigenvalue weighted by Gasteiger charge is -2.32. The van der Waals surface area contributed by atoms with Gasteiger partial charge >= 0.3 is 0 Å². The summed E-state index contributed by atoms with van der Waals surface area (Å²) < 4.78 is 33.3. The summed E-state index contributed by atoms with van der Waals surface area (Å²) in [5, 5.41) is 2.66. The van der Waals surface area contributed by atoms with Crippen LogP contribution in [0.15, 0.2) is 95.5 Å². The van der Waals surface area contributed by atoms with E-state index in [-0.39, 0.29) is 27.5 Å². The number of Topliss-reactive ketones (excluding diaryl/α,β-unsaturated/α-hetero) is 1. The number of sulfonamides is 1. The molecule has 0 fully saturated rings. The van der Waals surface area contributed by atoms with Crippen LogP contribution in [0.5, 0.6) is 0 Å². The van der Waals surface area contributed by atoms with Crippen molar-refractivity contribution in [3.8, 4) is 0 Å². The minimum absolute atomic E-state index is 0.0334. The SMILES string of the molecule is COC1=C(C(=O)c2ccccc2)N(CC(=O)Nc2ccccc2)S(=O)(=O)c2ccccc21. The summed E-state index contributed by atoms with van der Waals surface area (Å²) in [6, 6.07) is 23.2. The molecule has 0 spiro atoms. The lowest BCUT2D eigenvalue weighted by Crippen LogP contribution is -2.42. The Hall–Kier alpha value is -3.91. The van der Waals surface area contributed by atoms with Crippen molar-refractivity contribution < 1.29 is 22.7 Å². The Kier molecular flexibility index (Phi) is 5.79. The van der Waals surface area contributed by atoms with Crippen LogP contribution in [0.4, 0.5) is 5.69 Å². The number of methoxy groups -OCH3 is 1. The number of fused-ring (bicyclic) bond motifs is 1. The molecule has 0 atom stereocenters. The van der Waals surface area contributed by atoms with Crippen molar-refractivity contribution in [1.82, 2.24) is 4.31 Å². The van der Waals surface area contributed by atoms with E-state index in [2.05, 4.69) is 5.32 Å². The lowest BCUT2D eigenvalue weighted by molar-refractivity contribution is -0.116. The number of allylic oxidation sites excluding steroid dienone is 1. The van der Waals surface area contributed by atoms with Gasteiger partial charge in [0.1, 0.15) is 12.2 Å². The summed E-state index contributed by atoms with van der Waals surface area (Å²) in [5.41, 5.74) is 0.855. The Morgan fingerprint density at radius 1 is 0.875 bits per heavy atom. The maximum Gasteiger partial charge on any atom is 0.265 e. The number of ketones is 1. The number of nitrogens with one attached hydrogen (secondary N) is 1. The molecule has 1 heterocycles. The van der Waals surface area contributed by atoms with E-state index in [0.717, 1.165) is 4.31 Å². The molecule has 162 valence electrons. The maximum absolute atomic E-state index is 13.5. The zero-order valence-corrected chi connectivity index (χ0v) is 18.0. The smallest absolute Gasteiger partial charge is 0.265 e. The molecule has 4 rings (SSSR count). The minimum Gasteiger partial charge on any atom is -0.494 e. The second kappa shape index (κ2) is 8.68. The molecule has 0 radical (unpaired) electrons. The minimum atomic E-state index is -4.20. The van der Waals surface area contributed by atoms with E-state index in [1.807, 2.05) is 0 Å². The number of carbonyl (C=O) groups is 2. The molecule has 0 aromatic heterocycles. The van der Waals surface area contributed by atoms with Gasteiger partial charge in [0, 0.05) is 16.8 Å². The van der Waals surface area contributed by atoms with Gasteiger partial charge in [0.2, 0.25) is 11.7 Å². The van der Waals surface area contributed by atoms with E-state index in [0.29, 0.717) is 5.69 Å². The maximum atomic E-state index is 13.5. The third kappa shape index (κ3) is 3.88. The second-order valence-electron chi connectivity index (χ2n) is 7.00. The first kappa shape index (κ1) is 21.3. The second-order valence-corrected chi connectivity index (χ2v) is 8.83. The molecule has 0 saturated heterocycles. The fourth-order valence-corrected chi connectivity index (χ4v) is 5.14. The molecular weight excluding hydrogens is 428 g/mol. The molecule has 8 heteroatoms.